The Bertz CT molecular complexity index is 1090. The summed E-state index contributed by atoms with van der Waals surface area (Å²) in [6, 6.07) is 7.54. The van der Waals surface area contributed by atoms with Gasteiger partial charge in [-0.1, -0.05) is 23.4 Å². The standard InChI is InChI=1S/C21H24N6O3/c1-12-18(9-16-15-5-3-4-6-17(15)25-20(16)29)24-13(2)19(12)21(30)22-10-14(28)11-27-8-7-23-26-27/h3-9,14,21-22,24,28,30H,10-11H2,1-2H3,(H,25,29). The lowest BCUT2D eigenvalue weighted by Gasteiger charge is -2.17. The first-order chi connectivity index (χ1) is 14.4. The van der Waals surface area contributed by atoms with Gasteiger partial charge in [0.05, 0.1) is 24.4 Å². The number of benzene rings is 1. The van der Waals surface area contributed by atoms with Crippen molar-refractivity contribution < 1.29 is 15.0 Å². The van der Waals surface area contributed by atoms with Crippen LogP contribution in [0.25, 0.3) is 11.6 Å². The van der Waals surface area contributed by atoms with E-state index in [1.54, 1.807) is 18.5 Å². The molecule has 0 saturated carbocycles. The summed E-state index contributed by atoms with van der Waals surface area (Å²) in [5.41, 5.74) is 5.30. The number of carbonyl (C=O) groups is 1. The van der Waals surface area contributed by atoms with Crippen LogP contribution < -0.4 is 10.6 Å². The summed E-state index contributed by atoms with van der Waals surface area (Å²) in [5, 5.41) is 34.1. The van der Waals surface area contributed by atoms with Crippen LogP contribution in [0.5, 0.6) is 0 Å². The van der Waals surface area contributed by atoms with Crippen molar-refractivity contribution in [3.05, 3.63) is 64.7 Å². The monoisotopic (exact) mass is 408 g/mol. The van der Waals surface area contributed by atoms with Gasteiger partial charge in [0.1, 0.15) is 6.23 Å². The number of H-pyrrole nitrogens is 1. The molecule has 0 fully saturated rings. The Morgan fingerprint density at radius 1 is 1.27 bits per heavy atom. The number of para-hydroxylation sites is 1. The average molecular weight is 408 g/mol. The number of aromatic amines is 1. The molecule has 9 heteroatoms. The fraction of sp³-hybridized carbons (Fsp3) is 0.286. The Morgan fingerprint density at radius 2 is 2.07 bits per heavy atom. The van der Waals surface area contributed by atoms with Crippen molar-refractivity contribution in [2.45, 2.75) is 32.7 Å². The minimum Gasteiger partial charge on any atom is -0.390 e. The molecule has 1 aliphatic rings. The number of aliphatic hydroxyl groups excluding tert-OH is 2. The highest BCUT2D eigenvalue weighted by Crippen LogP contribution is 2.34. The van der Waals surface area contributed by atoms with Crippen LogP contribution in [0.1, 0.15) is 34.3 Å². The second-order valence-electron chi connectivity index (χ2n) is 7.35. The van der Waals surface area contributed by atoms with Crippen molar-refractivity contribution in [2.75, 3.05) is 11.9 Å². The highest BCUT2D eigenvalue weighted by molar-refractivity contribution is 6.34. The fourth-order valence-electron chi connectivity index (χ4n) is 3.73. The molecule has 0 aliphatic carbocycles. The molecule has 1 amide bonds. The Morgan fingerprint density at radius 3 is 2.83 bits per heavy atom. The molecule has 4 rings (SSSR count). The maximum absolute atomic E-state index is 12.4. The van der Waals surface area contributed by atoms with E-state index in [1.807, 2.05) is 38.1 Å². The summed E-state index contributed by atoms with van der Waals surface area (Å²) in [6.07, 6.45) is 3.31. The van der Waals surface area contributed by atoms with Gasteiger partial charge in [0.2, 0.25) is 0 Å². The summed E-state index contributed by atoms with van der Waals surface area (Å²) in [6.45, 7) is 4.21. The lowest BCUT2D eigenvalue weighted by molar-refractivity contribution is -0.110. The maximum atomic E-state index is 12.4. The molecule has 2 unspecified atom stereocenters. The second-order valence-corrected chi connectivity index (χ2v) is 7.35. The molecule has 30 heavy (non-hydrogen) atoms. The summed E-state index contributed by atoms with van der Waals surface area (Å²) < 4.78 is 1.53. The van der Waals surface area contributed by atoms with Crippen molar-refractivity contribution in [3.8, 4) is 0 Å². The minimum atomic E-state index is -0.969. The van der Waals surface area contributed by atoms with Gasteiger partial charge >= 0.3 is 0 Å². The van der Waals surface area contributed by atoms with Gasteiger partial charge in [-0.25, -0.2) is 4.68 Å². The molecule has 3 aromatic rings. The van der Waals surface area contributed by atoms with Gasteiger partial charge in [0, 0.05) is 40.9 Å². The Balaban J connectivity index is 1.50. The molecule has 5 N–H and O–H groups in total. The lowest BCUT2D eigenvalue weighted by Crippen LogP contribution is -2.33. The highest BCUT2D eigenvalue weighted by Gasteiger charge is 2.25. The SMILES string of the molecule is Cc1[nH]c(C=C2C(=O)Nc3ccccc32)c(C)c1C(O)NCC(O)Cn1ccnn1. The Labute approximate surface area is 173 Å². The summed E-state index contributed by atoms with van der Waals surface area (Å²) >= 11 is 0. The van der Waals surface area contributed by atoms with E-state index in [0.29, 0.717) is 11.1 Å². The molecule has 0 saturated heterocycles. The van der Waals surface area contributed by atoms with Crippen LogP contribution in [0.15, 0.2) is 36.7 Å². The average Bonchev–Trinajstić information content (AvgIpc) is 3.40. The molecular weight excluding hydrogens is 384 g/mol. The number of aliphatic hydroxyl groups is 2. The normalized spacial score (nSPS) is 16.5. The third kappa shape index (κ3) is 3.90. The van der Waals surface area contributed by atoms with Crippen LogP contribution >= 0.6 is 0 Å². The van der Waals surface area contributed by atoms with Crippen LogP contribution in [0.2, 0.25) is 0 Å². The zero-order valence-corrected chi connectivity index (χ0v) is 16.8. The summed E-state index contributed by atoms with van der Waals surface area (Å²) in [5.74, 6) is -0.153. The van der Waals surface area contributed by atoms with Gasteiger partial charge in [-0.15, -0.1) is 5.10 Å². The van der Waals surface area contributed by atoms with Crippen LogP contribution in [-0.4, -0.2) is 48.7 Å². The first-order valence-corrected chi connectivity index (χ1v) is 9.69. The van der Waals surface area contributed by atoms with Crippen molar-refractivity contribution in [1.29, 1.82) is 0 Å². The Hall–Kier alpha value is -3.27. The van der Waals surface area contributed by atoms with E-state index in [9.17, 15) is 15.0 Å². The molecule has 0 bridgehead atoms. The van der Waals surface area contributed by atoms with Crippen LogP contribution in [0, 0.1) is 13.8 Å². The smallest absolute Gasteiger partial charge is 0.256 e. The van der Waals surface area contributed by atoms with Gasteiger partial charge in [0.15, 0.2) is 0 Å². The van der Waals surface area contributed by atoms with E-state index in [1.165, 1.54) is 4.68 Å². The maximum Gasteiger partial charge on any atom is 0.256 e. The lowest BCUT2D eigenvalue weighted by atomic mass is 10.0. The largest absolute Gasteiger partial charge is 0.390 e. The fourth-order valence-corrected chi connectivity index (χ4v) is 3.73. The molecule has 2 atom stereocenters. The molecule has 0 spiro atoms. The Kier molecular flexibility index (Phi) is 5.49. The number of rotatable bonds is 7. The van der Waals surface area contributed by atoms with Crippen LogP contribution in [0.3, 0.4) is 0 Å². The zero-order valence-electron chi connectivity index (χ0n) is 16.8. The first-order valence-electron chi connectivity index (χ1n) is 9.69. The number of aromatic nitrogens is 4. The van der Waals surface area contributed by atoms with Crippen molar-refractivity contribution in [3.63, 3.8) is 0 Å². The number of carbonyl (C=O) groups excluding carboxylic acids is 1. The highest BCUT2D eigenvalue weighted by atomic mass is 16.3. The van der Waals surface area contributed by atoms with Crippen molar-refractivity contribution in [2.24, 2.45) is 0 Å². The zero-order chi connectivity index (χ0) is 21.3. The number of fused-ring (bicyclic) bond motifs is 1. The number of amides is 1. The van der Waals surface area contributed by atoms with Crippen molar-refractivity contribution >= 4 is 23.2 Å². The molecule has 156 valence electrons. The molecule has 3 heterocycles. The van der Waals surface area contributed by atoms with Crippen LogP contribution in [0.4, 0.5) is 5.69 Å². The summed E-state index contributed by atoms with van der Waals surface area (Å²) in [7, 11) is 0. The second kappa shape index (κ2) is 8.23. The summed E-state index contributed by atoms with van der Waals surface area (Å²) in [4.78, 5) is 15.6. The van der Waals surface area contributed by atoms with Gasteiger partial charge in [-0.2, -0.15) is 0 Å². The van der Waals surface area contributed by atoms with Gasteiger partial charge in [-0.3, -0.25) is 10.1 Å². The molecule has 1 aromatic carbocycles. The topological polar surface area (TPSA) is 128 Å². The number of hydrogen-bond acceptors (Lipinski definition) is 6. The predicted octanol–water partition coefficient (Wildman–Crippen LogP) is 1.36. The van der Waals surface area contributed by atoms with Crippen molar-refractivity contribution in [1.82, 2.24) is 25.3 Å². The van der Waals surface area contributed by atoms with Crippen LogP contribution in [-0.2, 0) is 11.3 Å². The first kappa shape index (κ1) is 20.0. The predicted molar refractivity (Wildman–Crippen MR) is 112 cm³/mol. The molecule has 2 aromatic heterocycles. The molecule has 9 nitrogen and oxygen atoms in total. The van der Waals surface area contributed by atoms with E-state index in [0.717, 1.165) is 28.2 Å². The number of aryl methyl sites for hydroxylation is 1. The van der Waals surface area contributed by atoms with Gasteiger partial charge < -0.3 is 20.5 Å². The number of anilines is 1. The third-order valence-electron chi connectivity index (χ3n) is 5.22. The van der Waals surface area contributed by atoms with E-state index >= 15 is 0 Å². The van der Waals surface area contributed by atoms with Gasteiger partial charge in [0.25, 0.3) is 5.91 Å². The number of hydrogen-bond donors (Lipinski definition) is 5. The van der Waals surface area contributed by atoms with E-state index in [2.05, 4.69) is 25.9 Å². The van der Waals surface area contributed by atoms with Gasteiger partial charge in [-0.05, 0) is 31.6 Å². The molecular formula is C21H24N6O3. The third-order valence-corrected chi connectivity index (χ3v) is 5.22. The number of nitrogens with zero attached hydrogens (tertiary/aromatic N) is 3. The van der Waals surface area contributed by atoms with E-state index in [-0.39, 0.29) is 19.0 Å². The van der Waals surface area contributed by atoms with E-state index in [4.69, 9.17) is 0 Å². The quantitative estimate of drug-likeness (QED) is 0.297. The molecule has 1 aliphatic heterocycles. The number of nitrogens with one attached hydrogen (secondary N) is 3. The van der Waals surface area contributed by atoms with E-state index < -0.39 is 12.3 Å². The minimum absolute atomic E-state index is 0.153. The molecule has 0 radical (unpaired) electrons.